The maximum atomic E-state index is 15.1. The Labute approximate surface area is 702 Å². The maximum Gasteiger partial charge on any atom is 0.534 e. The first kappa shape index (κ1) is 87.3. The molecule has 16 atom stereocenters. The number of aliphatic hydroxyl groups excluding tert-OH is 4. The van der Waals surface area contributed by atoms with Gasteiger partial charge in [-0.2, -0.15) is 0 Å². The van der Waals surface area contributed by atoms with Crippen LogP contribution in [0, 0.1) is 35.3 Å². The molecule has 0 bridgehead atoms. The third-order valence-corrected chi connectivity index (χ3v) is 22.7. The van der Waals surface area contributed by atoms with Gasteiger partial charge in [-0.05, 0) is 158 Å². The molecule has 636 valence electrons. The number of hydrogen-bond donors (Lipinski definition) is 8. The Morgan fingerprint density at radius 1 is 0.558 bits per heavy atom. The number of ether oxygens (including phenoxy) is 8. The van der Waals surface area contributed by atoms with Gasteiger partial charge in [-0.25, -0.2) is 28.3 Å². The zero-order chi connectivity index (χ0) is 84.8. The molecule has 0 spiro atoms. The van der Waals surface area contributed by atoms with Gasteiger partial charge < -0.3 is 89.8 Å². The Morgan fingerprint density at radius 2 is 1.00 bits per heavy atom. The van der Waals surface area contributed by atoms with Crippen LogP contribution in [0.3, 0.4) is 0 Å². The number of hydrogen-bond acceptors (Lipinski definition) is 24. The van der Waals surface area contributed by atoms with Crippen molar-refractivity contribution in [1.82, 2.24) is 31.0 Å². The molecule has 9 heterocycles. The Morgan fingerprint density at radius 3 is 1.45 bits per heavy atom. The van der Waals surface area contributed by atoms with E-state index in [-0.39, 0.29) is 95.1 Å². The van der Waals surface area contributed by atoms with Crippen LogP contribution < -0.4 is 41.0 Å². The van der Waals surface area contributed by atoms with Crippen molar-refractivity contribution in [1.29, 1.82) is 0 Å². The smallest absolute Gasteiger partial charge is 0.490 e. The van der Waals surface area contributed by atoms with E-state index in [0.29, 0.717) is 69.4 Å². The van der Waals surface area contributed by atoms with Gasteiger partial charge in [0.1, 0.15) is 72.4 Å². The zero-order valence-corrected chi connectivity index (χ0v) is 68.0. The highest BCUT2D eigenvalue weighted by atomic mass is 35.5. The van der Waals surface area contributed by atoms with Gasteiger partial charge in [0.25, 0.3) is 11.8 Å². The maximum absolute atomic E-state index is 15.1. The van der Waals surface area contributed by atoms with E-state index in [1.165, 1.54) is 12.1 Å². The summed E-state index contributed by atoms with van der Waals surface area (Å²) in [6.45, 7) is 1.42. The number of nitrogens with zero attached hydrogens (tertiary/aromatic N) is 5. The third kappa shape index (κ3) is 22.2. The molecule has 32 heteroatoms. The van der Waals surface area contributed by atoms with E-state index in [2.05, 4.69) is 30.8 Å². The summed E-state index contributed by atoms with van der Waals surface area (Å²) in [6.07, 6.45) is -2.50. The van der Waals surface area contributed by atoms with Gasteiger partial charge in [0.2, 0.25) is 11.8 Å². The molecule has 0 aliphatic carbocycles. The van der Waals surface area contributed by atoms with Gasteiger partial charge >= 0.3 is 12.2 Å². The number of nitrogens with one attached hydrogen (secondary N) is 3. The summed E-state index contributed by atoms with van der Waals surface area (Å²) in [5.41, 5.74) is 13.7. The van der Waals surface area contributed by atoms with Crippen molar-refractivity contribution in [2.24, 2.45) is 29.4 Å². The minimum atomic E-state index is -1.30. The number of rotatable bonds is 26. The lowest BCUT2D eigenvalue weighted by Gasteiger charge is -2.33. The second-order valence-electron chi connectivity index (χ2n) is 31.1. The van der Waals surface area contributed by atoms with Crippen molar-refractivity contribution in [3.63, 3.8) is 0 Å². The molecule has 0 unspecified atom stereocenters. The van der Waals surface area contributed by atoms with E-state index >= 15 is 4.39 Å². The first-order valence-corrected chi connectivity index (χ1v) is 40.5. The average Bonchev–Trinajstić information content (AvgIpc) is 1.35. The van der Waals surface area contributed by atoms with Crippen LogP contribution in [0.5, 0.6) is 11.5 Å². The molecule has 0 saturated carbocycles. The van der Waals surface area contributed by atoms with Gasteiger partial charge in [0.05, 0.1) is 68.6 Å². The SMILES string of the molecule is CN(C)c1ccc(-c2ccc(C[C@H](N)[C@@H](O)C[C@@H](Cc3ccccc3F)C(=O)N[C@H]3c4cc(Cl)ccc4OC[C@H]3O)cc2)cn1.CN(C)c1ccc(-c2ccc(C[C@H](NC(=O)O[C@H]3CO[C@H]4OCC[C@H]43)[C@@H](O)C[C@@H](Cc3ccccc3F)C(=O)N[C@H]3c4cc(Cl)ccc4OC[C@H]3O)cc2)cn1.O=C(O[C@H]1CO[C@H]2OCC[C@H]21)ON1C(=O)CCC1=O. The number of fused-ring (bicyclic) bond motifs is 4. The Kier molecular flexibility index (Phi) is 29.3. The van der Waals surface area contributed by atoms with Gasteiger partial charge in [0.15, 0.2) is 12.6 Å². The molecule has 5 amide bonds. The van der Waals surface area contributed by atoms with Gasteiger partial charge in [-0.3, -0.25) is 24.0 Å². The van der Waals surface area contributed by atoms with E-state index in [1.54, 1.807) is 79.0 Å². The van der Waals surface area contributed by atoms with Crippen molar-refractivity contribution in [3.05, 3.63) is 225 Å². The van der Waals surface area contributed by atoms with Crippen LogP contribution in [0.2, 0.25) is 10.0 Å². The van der Waals surface area contributed by atoms with Crippen LogP contribution in [0.1, 0.15) is 84.0 Å². The van der Waals surface area contributed by atoms with Crippen molar-refractivity contribution in [2.75, 3.05) is 77.6 Å². The number of amides is 5. The van der Waals surface area contributed by atoms with Crippen LogP contribution in [0.15, 0.2) is 170 Å². The lowest BCUT2D eigenvalue weighted by atomic mass is 9.87. The van der Waals surface area contributed by atoms with E-state index in [1.807, 2.05) is 117 Å². The number of anilines is 2. The van der Waals surface area contributed by atoms with Gasteiger partial charge in [-0.1, -0.05) is 113 Å². The average molecular weight is 1690 g/mol. The third-order valence-electron chi connectivity index (χ3n) is 22.3. The molecule has 8 aromatic rings. The number of aliphatic hydroxyl groups is 4. The minimum absolute atomic E-state index is 0.00890. The van der Waals surface area contributed by atoms with Crippen molar-refractivity contribution in [3.8, 4) is 33.8 Å². The second-order valence-corrected chi connectivity index (χ2v) is 31.9. The molecular formula is C88H97Cl2F2N9O19. The molecular weight excluding hydrogens is 1600 g/mol. The molecule has 120 heavy (non-hydrogen) atoms. The van der Waals surface area contributed by atoms with Crippen LogP contribution in [-0.4, -0.2) is 200 Å². The Balaban J connectivity index is 0.000000173. The summed E-state index contributed by atoms with van der Waals surface area (Å²) >= 11 is 12.5. The molecule has 7 aliphatic heterocycles. The number of hydroxylamine groups is 2. The number of aromatic nitrogens is 2. The normalized spacial score (nSPS) is 22.7. The number of carbonyl (C=O) groups is 6. The predicted molar refractivity (Wildman–Crippen MR) is 437 cm³/mol. The van der Waals surface area contributed by atoms with Crippen molar-refractivity contribution in [2.45, 2.75) is 138 Å². The highest BCUT2D eigenvalue weighted by Gasteiger charge is 2.47. The van der Waals surface area contributed by atoms with Crippen LogP contribution >= 0.6 is 23.2 Å². The molecule has 7 aliphatic rings. The molecule has 0 radical (unpaired) electrons. The van der Waals surface area contributed by atoms with Crippen LogP contribution in [0.4, 0.5) is 30.0 Å². The Bertz CT molecular complexity index is 4860. The molecule has 9 N–H and O–H groups in total. The molecule has 6 aromatic carbocycles. The van der Waals surface area contributed by atoms with Gasteiger partial charge in [-0.15, -0.1) is 0 Å². The van der Waals surface area contributed by atoms with E-state index in [9.17, 15) is 53.6 Å². The first-order chi connectivity index (χ1) is 57.7. The summed E-state index contributed by atoms with van der Waals surface area (Å²) in [6, 6.07) is 42.5. The topological polar surface area (TPSA) is 364 Å². The van der Waals surface area contributed by atoms with Gasteiger partial charge in [0, 0.05) is 104 Å². The quantitative estimate of drug-likeness (QED) is 0.0184. The fourth-order valence-electron chi connectivity index (χ4n) is 15.5. The molecule has 5 fully saturated rings. The van der Waals surface area contributed by atoms with Crippen LogP contribution in [-0.2, 0) is 78.1 Å². The van der Waals surface area contributed by atoms with Crippen molar-refractivity contribution >= 4 is 70.7 Å². The monoisotopic (exact) mass is 1690 g/mol. The summed E-state index contributed by atoms with van der Waals surface area (Å²) in [4.78, 5) is 93.0. The largest absolute Gasteiger partial charge is 0.534 e. The number of pyridine rings is 2. The molecule has 28 nitrogen and oxygen atoms in total. The highest BCUT2D eigenvalue weighted by molar-refractivity contribution is 6.31. The minimum Gasteiger partial charge on any atom is -0.490 e. The van der Waals surface area contributed by atoms with E-state index in [0.717, 1.165) is 51.4 Å². The summed E-state index contributed by atoms with van der Waals surface area (Å²) in [5, 5.41) is 54.8. The predicted octanol–water partition coefficient (Wildman–Crippen LogP) is 9.89. The van der Waals surface area contributed by atoms with Crippen LogP contribution in [0.25, 0.3) is 22.3 Å². The summed E-state index contributed by atoms with van der Waals surface area (Å²) < 4.78 is 73.7. The highest BCUT2D eigenvalue weighted by Crippen LogP contribution is 2.40. The first-order valence-electron chi connectivity index (χ1n) is 39.8. The van der Waals surface area contributed by atoms with Crippen molar-refractivity contribution < 1.29 is 101 Å². The molecule has 5 saturated heterocycles. The number of alkyl carbamates (subject to hydrolysis) is 1. The summed E-state index contributed by atoms with van der Waals surface area (Å²) in [5.74, 6) is -2.23. The van der Waals surface area contributed by atoms with E-state index in [4.69, 9.17) is 66.8 Å². The fourth-order valence-corrected chi connectivity index (χ4v) is 15.9. The number of carbonyl (C=O) groups excluding carboxylic acids is 6. The number of halogens is 4. The zero-order valence-electron chi connectivity index (χ0n) is 66.5. The lowest BCUT2D eigenvalue weighted by Crippen LogP contribution is -2.49. The number of imide groups is 1. The number of benzene rings is 6. The standard InChI is InChI=1S/C42H46ClFN4O8.C35H38ClFN4O4.C11H13NO7/c1-48(2)38-14-11-27(21-45-38)25-9-7-24(8-10-25)17-33(46-42(52)56-37-23-55-41-30(37)15-16-53-41)34(49)19-28(18-26-5-3-4-6-32(26)44)40(51)47-39-31-20-29(43)12-13-36(31)54-22-35(39)50;1-41(2)33-14-11-24(19-39-33)22-9-7-21(8-10-22)15-29(38)30(42)17-25(16-23-5-3-4-6-28(23)37)35(44)40-34-27-18-26(36)12-13-32(27)45-20-31(34)43;13-8-1-2-9(14)12(8)19-11(15)18-7-5-17-10-6(7)3-4-16-10/h3-14,20-21,28,30,33-35,37,39,41,49-50H,15-19,22-23H2,1-2H3,(H,46,52)(H,47,51);3-14,18-19,25,29-31,34,42-43H,15-17,20,38H2,1-2H3,(H,40,44);6-7,10H,1-5H2/t28-,30+,33+,34+,35-,37+,39+,41-;25-,29+,30+,31-,34+;6-,7-,10+/m110/s1. The second kappa shape index (κ2) is 40.3. The van der Waals surface area contributed by atoms with E-state index < -0.39 is 126 Å². The summed E-state index contributed by atoms with van der Waals surface area (Å²) in [7, 11) is 7.73. The number of nitrogens with two attached hydrogens (primary N) is 1. The lowest BCUT2D eigenvalue weighted by molar-refractivity contribution is -0.179. The molecule has 15 rings (SSSR count). The fraction of sp³-hybridized carbons (Fsp3) is 0.409. The molecule has 2 aromatic heterocycles. The Hall–Kier alpha value is -10.5.